The quantitative estimate of drug-likeness (QED) is 0.0214. The van der Waals surface area contributed by atoms with Gasteiger partial charge in [0.05, 0.1) is 13.2 Å². The van der Waals surface area contributed by atoms with Gasteiger partial charge in [0.1, 0.15) is 0 Å². The molecule has 2 fully saturated rings. The summed E-state index contributed by atoms with van der Waals surface area (Å²) >= 11 is 0. The van der Waals surface area contributed by atoms with E-state index < -0.39 is 85.9 Å². The average molecular weight is 1400 g/mol. The van der Waals surface area contributed by atoms with Gasteiger partial charge in [0.25, 0.3) is 12.2 Å². The summed E-state index contributed by atoms with van der Waals surface area (Å²) in [5.74, 6) is -1.04. The van der Waals surface area contributed by atoms with E-state index in [9.17, 15) is 86.2 Å². The predicted molar refractivity (Wildman–Crippen MR) is 325 cm³/mol. The Morgan fingerprint density at radius 1 is 0.515 bits per heavy atom. The maximum absolute atomic E-state index is 12.9. The van der Waals surface area contributed by atoms with Gasteiger partial charge in [-0.25, -0.2) is 19.2 Å². The average Bonchev–Trinajstić information content (AvgIpc) is 0.864. The van der Waals surface area contributed by atoms with E-state index in [1.54, 1.807) is 19.9 Å². The van der Waals surface area contributed by atoms with Crippen LogP contribution >= 0.6 is 0 Å². The van der Waals surface area contributed by atoms with Crippen LogP contribution in [0.15, 0.2) is 97.1 Å². The van der Waals surface area contributed by atoms with Crippen LogP contribution in [-0.4, -0.2) is 186 Å². The van der Waals surface area contributed by atoms with Crippen LogP contribution in [0.25, 0.3) is 0 Å². The molecule has 33 heteroatoms. The van der Waals surface area contributed by atoms with Crippen molar-refractivity contribution in [1.82, 2.24) is 20.0 Å². The molecule has 2 unspecified atom stereocenters. The Morgan fingerprint density at radius 3 is 1.31 bits per heavy atom. The SMILES string of the molecule is CCOC(=O)OC(C)OC(=O)CCCN(Cc1ccccc1)c1cc(C)ccc1C=O.CCOC(=O)OC(C)OC(=O)CCCN(Cc1ccccc1)c1cc(C)ccc1CN1CCN(C(=O)OC(C(F)(F)F)C(F)(F)F)CC1.O=C(OC(C(F)(F)F)C(F)(F)F)N1CCNCC1. The Balaban J connectivity index is 0.000000347. The molecule has 2 saturated heterocycles. The van der Waals surface area contributed by atoms with Gasteiger partial charge in [-0.3, -0.25) is 19.3 Å². The third kappa shape index (κ3) is 29.2. The van der Waals surface area contributed by atoms with Gasteiger partial charge in [-0.1, -0.05) is 78.9 Å². The molecule has 0 aliphatic carbocycles. The number of hydrogen-bond acceptors (Lipinski definition) is 19. The molecule has 2 aliphatic rings. The second kappa shape index (κ2) is 38.9. The molecule has 0 spiro atoms. The van der Waals surface area contributed by atoms with Crippen LogP contribution < -0.4 is 15.1 Å². The van der Waals surface area contributed by atoms with Crippen molar-refractivity contribution in [3.05, 3.63) is 130 Å². The Hall–Kier alpha value is -8.75. The second-order valence-corrected chi connectivity index (χ2v) is 21.7. The molecule has 2 aliphatic heterocycles. The largest absolute Gasteiger partial charge is 0.511 e. The predicted octanol–water partition coefficient (Wildman–Crippen LogP) is 12.8. The molecular weight excluding hydrogens is 1320 g/mol. The molecule has 1 N–H and O–H groups in total. The number of piperazine rings is 2. The van der Waals surface area contributed by atoms with E-state index in [2.05, 4.69) is 34.1 Å². The van der Waals surface area contributed by atoms with Crippen LogP contribution in [0.5, 0.6) is 0 Å². The fraction of sp³-hybridized carbons (Fsp3) is 0.516. The van der Waals surface area contributed by atoms with Gasteiger partial charge in [0, 0.05) is 129 Å². The zero-order chi connectivity index (χ0) is 72.1. The Labute approximate surface area is 552 Å². The van der Waals surface area contributed by atoms with Crippen LogP contribution in [0.4, 0.5) is 83.2 Å². The molecule has 0 radical (unpaired) electrons. The summed E-state index contributed by atoms with van der Waals surface area (Å²) in [7, 11) is 0. The first kappa shape index (κ1) is 80.7. The first-order valence-corrected chi connectivity index (χ1v) is 30.5. The first-order chi connectivity index (χ1) is 45.6. The molecule has 2 amide bonds. The van der Waals surface area contributed by atoms with Crippen molar-refractivity contribution in [3.63, 3.8) is 0 Å². The molecule has 97 heavy (non-hydrogen) atoms. The summed E-state index contributed by atoms with van der Waals surface area (Å²) in [6.45, 7) is 13.5. The van der Waals surface area contributed by atoms with E-state index in [0.29, 0.717) is 51.1 Å². The molecule has 4 aromatic carbocycles. The molecule has 21 nitrogen and oxygen atoms in total. The van der Waals surface area contributed by atoms with Crippen molar-refractivity contribution in [2.45, 2.75) is 136 Å². The Bertz CT molecular complexity index is 3090. The number of aldehydes is 1. The molecule has 6 rings (SSSR count). The van der Waals surface area contributed by atoms with Crippen molar-refractivity contribution in [2.24, 2.45) is 0 Å². The summed E-state index contributed by atoms with van der Waals surface area (Å²) in [4.78, 5) is 90.1. The maximum atomic E-state index is 12.9. The Kier molecular flexibility index (Phi) is 32.3. The Morgan fingerprint density at radius 2 is 0.907 bits per heavy atom. The number of anilines is 2. The minimum Gasteiger partial charge on any atom is -0.435 e. The summed E-state index contributed by atoms with van der Waals surface area (Å²) in [5, 5.41) is 2.79. The highest BCUT2D eigenvalue weighted by molar-refractivity contribution is 5.85. The topological polar surface area (TPSA) is 222 Å². The number of nitrogens with one attached hydrogen (secondary N) is 1. The number of nitrogens with zero attached hydrogens (tertiary/aromatic N) is 5. The monoisotopic (exact) mass is 1400 g/mol. The van der Waals surface area contributed by atoms with E-state index in [0.717, 1.165) is 55.3 Å². The molecule has 2 heterocycles. The van der Waals surface area contributed by atoms with Crippen LogP contribution in [0.3, 0.4) is 0 Å². The van der Waals surface area contributed by atoms with Gasteiger partial charge in [0.15, 0.2) is 6.29 Å². The zero-order valence-corrected chi connectivity index (χ0v) is 54.0. The lowest BCUT2D eigenvalue weighted by atomic mass is 10.1. The van der Waals surface area contributed by atoms with E-state index in [4.69, 9.17) is 18.9 Å². The summed E-state index contributed by atoms with van der Waals surface area (Å²) < 4.78 is 187. The third-order valence-electron chi connectivity index (χ3n) is 14.0. The minimum absolute atomic E-state index is 0.00126. The lowest BCUT2D eigenvalue weighted by Gasteiger charge is -2.36. The number of carbonyl (C=O) groups is 7. The highest BCUT2D eigenvalue weighted by Gasteiger charge is 2.61. The van der Waals surface area contributed by atoms with Crippen molar-refractivity contribution in [1.29, 1.82) is 0 Å². The van der Waals surface area contributed by atoms with Gasteiger partial charge < -0.3 is 62.8 Å². The number of hydrogen-bond donors (Lipinski definition) is 1. The third-order valence-corrected chi connectivity index (χ3v) is 14.0. The van der Waals surface area contributed by atoms with Crippen LogP contribution in [0.1, 0.15) is 91.6 Å². The number of halogens is 12. The molecular formula is C64H78F12N6O15. The van der Waals surface area contributed by atoms with E-state index in [-0.39, 0.29) is 78.4 Å². The number of alkyl halides is 12. The normalized spacial score (nSPS) is 14.3. The molecule has 538 valence electrons. The minimum atomic E-state index is -5.79. The summed E-state index contributed by atoms with van der Waals surface area (Å²) in [6, 6.07) is 31.1. The lowest BCUT2D eigenvalue weighted by molar-refractivity contribution is -0.309. The molecule has 0 saturated carbocycles. The summed E-state index contributed by atoms with van der Waals surface area (Å²) in [6.07, 6.45) is -36.6. The number of esters is 2. The molecule has 0 aromatic heterocycles. The standard InChI is InChI=1S/C32H39F6N3O7.C24H29NO6.C8H10F6N2O2/c1-4-45-30(44)47-23(3)46-27(42)11-8-14-41(20-24-9-6-5-7-10-24)26-19-22(2)12-13-25(26)21-39-15-17-40(18-16-39)29(43)48-28(31(33,34)35)32(36,37)38;1-4-29-24(28)31-19(3)30-23(27)11-8-14-25(16-20-9-6-5-7-10-20)22-15-18(2)12-13-21(22)17-26;9-7(10,11)5(8(12,13)14)18-6(17)16-3-1-15-2-4-16/h5-7,9-10,12-13,19,23,28H,4,8,11,14-18,20-21H2,1-3H3;5-7,9-10,12-13,15,17,19H,4,8,11,14,16H2,1-3H3;5,15H,1-4H2. The van der Waals surface area contributed by atoms with Crippen molar-refractivity contribution < 1.29 is 124 Å². The number of amides is 2. The number of aryl methyl sites for hydroxylation is 2. The maximum Gasteiger partial charge on any atom is 0.511 e. The van der Waals surface area contributed by atoms with Gasteiger partial charge >= 0.3 is 61.1 Å². The smallest absolute Gasteiger partial charge is 0.435 e. The van der Waals surface area contributed by atoms with E-state index in [1.807, 2.05) is 110 Å². The zero-order valence-electron chi connectivity index (χ0n) is 54.0. The van der Waals surface area contributed by atoms with Crippen molar-refractivity contribution in [3.8, 4) is 0 Å². The number of rotatable bonds is 25. The fourth-order valence-corrected chi connectivity index (χ4v) is 9.41. The molecule has 0 bridgehead atoms. The van der Waals surface area contributed by atoms with Gasteiger partial charge in [0.2, 0.25) is 12.6 Å². The number of benzene rings is 4. The highest BCUT2D eigenvalue weighted by atomic mass is 19.4. The van der Waals surface area contributed by atoms with E-state index >= 15 is 0 Å². The lowest BCUT2D eigenvalue weighted by Crippen LogP contribution is -2.52. The second-order valence-electron chi connectivity index (χ2n) is 21.7. The van der Waals surface area contributed by atoms with Crippen LogP contribution in [0.2, 0.25) is 0 Å². The molecule has 2 atom stereocenters. The van der Waals surface area contributed by atoms with Crippen LogP contribution in [-0.2, 0) is 67.1 Å². The summed E-state index contributed by atoms with van der Waals surface area (Å²) in [5.41, 5.74) is 7.29. The number of ether oxygens (including phenoxy) is 8. The molecule has 4 aromatic rings. The van der Waals surface area contributed by atoms with Gasteiger partial charge in [-0.2, -0.15) is 52.7 Å². The van der Waals surface area contributed by atoms with E-state index in [1.165, 1.54) is 13.8 Å². The van der Waals surface area contributed by atoms with Crippen LogP contribution in [0, 0.1) is 13.8 Å². The number of carbonyl (C=O) groups excluding carboxylic acids is 7. The van der Waals surface area contributed by atoms with Gasteiger partial charge in [-0.15, -0.1) is 0 Å². The highest BCUT2D eigenvalue weighted by Crippen LogP contribution is 2.38. The first-order valence-electron chi connectivity index (χ1n) is 30.5. The van der Waals surface area contributed by atoms with Crippen molar-refractivity contribution in [2.75, 3.05) is 88.5 Å². The fourth-order valence-electron chi connectivity index (χ4n) is 9.41. The van der Waals surface area contributed by atoms with Gasteiger partial charge in [-0.05, 0) is 86.6 Å². The van der Waals surface area contributed by atoms with Crippen molar-refractivity contribution >= 4 is 54.1 Å².